The van der Waals surface area contributed by atoms with Gasteiger partial charge in [0.25, 0.3) is 0 Å². The zero-order chi connectivity index (χ0) is 9.86. The van der Waals surface area contributed by atoms with Crippen LogP contribution in [0.25, 0.3) is 0 Å². The van der Waals surface area contributed by atoms with Crippen LogP contribution in [0.5, 0.6) is 0 Å². The molecule has 0 aliphatic heterocycles. The molecule has 0 amide bonds. The van der Waals surface area contributed by atoms with Crippen LogP contribution in [-0.2, 0) is 0 Å². The van der Waals surface area contributed by atoms with Crippen LogP contribution >= 0.6 is 0 Å². The maximum Gasteiger partial charge on any atom is -0.0225 e. The van der Waals surface area contributed by atoms with E-state index in [1.54, 1.807) is 6.08 Å². The summed E-state index contributed by atoms with van der Waals surface area (Å²) in [7, 11) is 0. The summed E-state index contributed by atoms with van der Waals surface area (Å²) in [6.45, 7) is 21.5. The molecule has 0 bridgehead atoms. The highest BCUT2D eigenvalue weighted by atomic mass is 14.0. The molecule has 11 heavy (non-hydrogen) atoms. The minimum atomic E-state index is 0.553. The van der Waals surface area contributed by atoms with Crippen molar-refractivity contribution in [2.75, 3.05) is 0 Å². The number of allylic oxidation sites excluding steroid dienone is 2. The standard InChI is InChI=1S/C7H12.C2H6.C2H4/c1-5-7(4)6(2)3;2*1-2/h5-6H,1,4H2,2-3H3;1-2H3;1-2H2. The first-order valence-corrected chi connectivity index (χ1v) is 3.99. The Bertz CT molecular complexity index is 88.2. The molecule has 0 nitrogen and oxygen atoms in total. The summed E-state index contributed by atoms with van der Waals surface area (Å²) in [5.74, 6) is 0.553. The van der Waals surface area contributed by atoms with Crippen LogP contribution < -0.4 is 0 Å². The molecule has 0 aromatic rings. The van der Waals surface area contributed by atoms with Gasteiger partial charge in [0.2, 0.25) is 0 Å². The van der Waals surface area contributed by atoms with Crippen LogP contribution in [0.15, 0.2) is 38.0 Å². The van der Waals surface area contributed by atoms with E-state index in [1.807, 2.05) is 13.8 Å². The van der Waals surface area contributed by atoms with E-state index >= 15 is 0 Å². The van der Waals surface area contributed by atoms with Crippen LogP contribution in [0.2, 0.25) is 0 Å². The van der Waals surface area contributed by atoms with Crippen molar-refractivity contribution in [2.24, 2.45) is 5.92 Å². The largest absolute Gasteiger partial charge is 0.106 e. The van der Waals surface area contributed by atoms with Gasteiger partial charge in [-0.15, -0.1) is 13.2 Å². The molecule has 0 heterocycles. The zero-order valence-corrected chi connectivity index (χ0v) is 8.48. The molecular formula is C11H22. The molecule has 0 radical (unpaired) electrons. The predicted molar refractivity (Wildman–Crippen MR) is 56.8 cm³/mol. The average molecular weight is 154 g/mol. The van der Waals surface area contributed by atoms with Crippen molar-refractivity contribution < 1.29 is 0 Å². The molecule has 0 atom stereocenters. The highest BCUT2D eigenvalue weighted by Crippen LogP contribution is 2.05. The van der Waals surface area contributed by atoms with Crippen molar-refractivity contribution >= 4 is 0 Å². The molecule has 0 aliphatic carbocycles. The van der Waals surface area contributed by atoms with E-state index in [4.69, 9.17) is 0 Å². The molecule has 0 fully saturated rings. The second-order valence-corrected chi connectivity index (χ2v) is 1.93. The molecule has 0 saturated heterocycles. The molecular weight excluding hydrogens is 132 g/mol. The van der Waals surface area contributed by atoms with Crippen molar-refractivity contribution in [1.29, 1.82) is 0 Å². The molecule has 0 heteroatoms. The van der Waals surface area contributed by atoms with Crippen molar-refractivity contribution in [2.45, 2.75) is 27.7 Å². The molecule has 0 spiro atoms. The lowest BCUT2D eigenvalue weighted by Gasteiger charge is -1.99. The average Bonchev–Trinajstić information content (AvgIpc) is 2.10. The van der Waals surface area contributed by atoms with Crippen molar-refractivity contribution in [3.8, 4) is 0 Å². The topological polar surface area (TPSA) is 0 Å². The van der Waals surface area contributed by atoms with Gasteiger partial charge in [0.15, 0.2) is 0 Å². The van der Waals surface area contributed by atoms with Crippen LogP contribution in [0.4, 0.5) is 0 Å². The molecule has 0 aliphatic rings. The van der Waals surface area contributed by atoms with E-state index in [1.165, 1.54) is 0 Å². The Hall–Kier alpha value is -0.780. The van der Waals surface area contributed by atoms with Gasteiger partial charge in [-0.2, -0.15) is 0 Å². The second kappa shape index (κ2) is 16.1. The van der Waals surface area contributed by atoms with Gasteiger partial charge in [-0.3, -0.25) is 0 Å². The van der Waals surface area contributed by atoms with E-state index in [-0.39, 0.29) is 0 Å². The van der Waals surface area contributed by atoms with E-state index in [0.29, 0.717) is 5.92 Å². The van der Waals surface area contributed by atoms with Gasteiger partial charge in [-0.05, 0) is 5.92 Å². The summed E-state index contributed by atoms with van der Waals surface area (Å²) in [4.78, 5) is 0. The SMILES string of the molecule is C=C.C=CC(=C)C(C)C.CC. The van der Waals surface area contributed by atoms with Gasteiger partial charge in [0, 0.05) is 0 Å². The molecule has 0 N–H and O–H groups in total. The van der Waals surface area contributed by atoms with Gasteiger partial charge in [0.1, 0.15) is 0 Å². The summed E-state index contributed by atoms with van der Waals surface area (Å²) in [6, 6.07) is 0. The first-order valence-electron chi connectivity index (χ1n) is 3.99. The molecule has 0 rings (SSSR count). The summed E-state index contributed by atoms with van der Waals surface area (Å²) >= 11 is 0. The zero-order valence-electron chi connectivity index (χ0n) is 8.48. The van der Waals surface area contributed by atoms with Crippen LogP contribution in [0.1, 0.15) is 27.7 Å². The third-order valence-corrected chi connectivity index (χ3v) is 1.00. The quantitative estimate of drug-likeness (QED) is 0.413. The summed E-state index contributed by atoms with van der Waals surface area (Å²) < 4.78 is 0. The van der Waals surface area contributed by atoms with Crippen molar-refractivity contribution in [1.82, 2.24) is 0 Å². The number of rotatable bonds is 2. The maximum atomic E-state index is 3.75. The van der Waals surface area contributed by atoms with Gasteiger partial charge in [-0.1, -0.05) is 52.5 Å². The third-order valence-electron chi connectivity index (χ3n) is 1.00. The van der Waals surface area contributed by atoms with Gasteiger partial charge in [-0.25, -0.2) is 0 Å². The van der Waals surface area contributed by atoms with Crippen molar-refractivity contribution in [3.05, 3.63) is 38.0 Å². The summed E-state index contributed by atoms with van der Waals surface area (Å²) in [5, 5.41) is 0. The molecule has 66 valence electrons. The minimum absolute atomic E-state index is 0.553. The molecule has 0 aromatic heterocycles. The first kappa shape index (κ1) is 16.7. The fourth-order valence-electron chi connectivity index (χ4n) is 0.236. The van der Waals surface area contributed by atoms with E-state index in [2.05, 4.69) is 40.2 Å². The minimum Gasteiger partial charge on any atom is -0.106 e. The monoisotopic (exact) mass is 154 g/mol. The lowest BCUT2D eigenvalue weighted by atomic mass is 10.1. The first-order chi connectivity index (χ1) is 5.18. The van der Waals surface area contributed by atoms with Crippen LogP contribution in [-0.4, -0.2) is 0 Å². The second-order valence-electron chi connectivity index (χ2n) is 1.93. The highest BCUT2D eigenvalue weighted by molar-refractivity contribution is 5.12. The Morgan fingerprint density at radius 2 is 1.45 bits per heavy atom. The Kier molecular flexibility index (Phi) is 24.4. The predicted octanol–water partition coefficient (Wildman–Crippen LogP) is 4.21. The summed E-state index contributed by atoms with van der Waals surface area (Å²) in [5.41, 5.74) is 1.11. The highest BCUT2D eigenvalue weighted by Gasteiger charge is 1.90. The van der Waals surface area contributed by atoms with Gasteiger partial charge < -0.3 is 0 Å². The summed E-state index contributed by atoms with van der Waals surface area (Å²) in [6.07, 6.45) is 1.80. The molecule has 0 aromatic carbocycles. The fourth-order valence-corrected chi connectivity index (χ4v) is 0.236. The normalized spacial score (nSPS) is 6.64. The Morgan fingerprint density at radius 1 is 1.18 bits per heavy atom. The Labute approximate surface area is 72.3 Å². The van der Waals surface area contributed by atoms with E-state index < -0.39 is 0 Å². The molecule has 0 unspecified atom stereocenters. The Balaban J connectivity index is -0.000000138. The van der Waals surface area contributed by atoms with E-state index in [0.717, 1.165) is 5.57 Å². The lowest BCUT2D eigenvalue weighted by Crippen LogP contribution is -1.85. The smallest absolute Gasteiger partial charge is 0.0225 e. The van der Waals surface area contributed by atoms with E-state index in [9.17, 15) is 0 Å². The van der Waals surface area contributed by atoms with Crippen LogP contribution in [0, 0.1) is 5.92 Å². The van der Waals surface area contributed by atoms with Gasteiger partial charge in [0.05, 0.1) is 0 Å². The van der Waals surface area contributed by atoms with Crippen molar-refractivity contribution in [3.63, 3.8) is 0 Å². The lowest BCUT2D eigenvalue weighted by molar-refractivity contribution is 0.796. The third kappa shape index (κ3) is 17.6. The van der Waals surface area contributed by atoms with Gasteiger partial charge >= 0.3 is 0 Å². The number of hydrogen-bond acceptors (Lipinski definition) is 0. The molecule has 0 saturated carbocycles. The Morgan fingerprint density at radius 3 is 1.45 bits per heavy atom. The maximum absolute atomic E-state index is 3.75. The number of hydrogen-bond donors (Lipinski definition) is 0. The fraction of sp³-hybridized carbons (Fsp3) is 0.455. The van der Waals surface area contributed by atoms with Crippen LogP contribution in [0.3, 0.4) is 0 Å².